The number of ether oxygens (including phenoxy) is 1. The minimum absolute atomic E-state index is 0.134. The van der Waals surface area contributed by atoms with Crippen LogP contribution in [0.25, 0.3) is 0 Å². The maximum Gasteiger partial charge on any atom is 0.460 e. The molecule has 0 aliphatic heterocycles. The highest BCUT2D eigenvalue weighted by molar-refractivity contribution is 5.68. The second-order valence-electron chi connectivity index (χ2n) is 10.9. The van der Waals surface area contributed by atoms with Gasteiger partial charge in [0.05, 0.1) is 0 Å². The molecule has 0 aliphatic carbocycles. The second-order valence-corrected chi connectivity index (χ2v) is 10.9. The standard InChI is InChI=1S/C25H26F17NO2/c1-5-12-43(16(44)45-17(2,3)4)13-15-8-6-14(7-9-15)10-11-18(26,27)19(28,29)20(30,31)21(32,33)22(34,35)23(36,37)24(38,39)25(40,41)42/h6-9H,5,10-13H2,1-4H3. The molecule has 0 saturated heterocycles. The van der Waals surface area contributed by atoms with Crippen molar-refractivity contribution in [2.24, 2.45) is 0 Å². The van der Waals surface area contributed by atoms with Crippen molar-refractivity contribution in [3.05, 3.63) is 35.4 Å². The predicted octanol–water partition coefficient (Wildman–Crippen LogP) is 9.78. The number of nitrogens with zero attached hydrogens (tertiary/aromatic N) is 1. The van der Waals surface area contributed by atoms with Gasteiger partial charge >= 0.3 is 53.7 Å². The van der Waals surface area contributed by atoms with Crippen LogP contribution in [-0.4, -0.2) is 70.8 Å². The smallest absolute Gasteiger partial charge is 0.444 e. The summed E-state index contributed by atoms with van der Waals surface area (Å²) in [7, 11) is 0. The Bertz CT molecular complexity index is 1160. The Morgan fingerprint density at radius 2 is 1.00 bits per heavy atom. The van der Waals surface area contributed by atoms with Crippen molar-refractivity contribution in [1.82, 2.24) is 4.90 Å². The zero-order chi connectivity index (χ0) is 35.9. The van der Waals surface area contributed by atoms with Crippen molar-refractivity contribution in [2.75, 3.05) is 6.54 Å². The Kier molecular flexibility index (Phi) is 11.2. The van der Waals surface area contributed by atoms with Gasteiger partial charge in [0.1, 0.15) is 5.60 Å². The highest BCUT2D eigenvalue weighted by Gasteiger charge is 2.95. The van der Waals surface area contributed by atoms with Crippen LogP contribution in [0.2, 0.25) is 0 Å². The molecule has 262 valence electrons. The molecular formula is C25H26F17NO2. The van der Waals surface area contributed by atoms with Crippen LogP contribution in [-0.2, 0) is 17.7 Å². The Morgan fingerprint density at radius 1 is 0.622 bits per heavy atom. The summed E-state index contributed by atoms with van der Waals surface area (Å²) >= 11 is 0. The van der Waals surface area contributed by atoms with Crippen molar-refractivity contribution in [3.8, 4) is 0 Å². The quantitative estimate of drug-likeness (QED) is 0.193. The van der Waals surface area contributed by atoms with E-state index in [1.165, 1.54) is 4.90 Å². The van der Waals surface area contributed by atoms with E-state index in [4.69, 9.17) is 4.74 Å². The van der Waals surface area contributed by atoms with Crippen molar-refractivity contribution < 1.29 is 84.2 Å². The summed E-state index contributed by atoms with van der Waals surface area (Å²) in [5, 5.41) is 0. The van der Waals surface area contributed by atoms with Gasteiger partial charge in [-0.2, -0.15) is 74.6 Å². The molecule has 45 heavy (non-hydrogen) atoms. The normalized spacial score (nSPS) is 14.9. The molecule has 0 aliphatic rings. The van der Waals surface area contributed by atoms with E-state index in [9.17, 15) is 79.4 Å². The highest BCUT2D eigenvalue weighted by Crippen LogP contribution is 2.64. The minimum atomic E-state index is -8.65. The molecule has 1 rings (SSSR count). The van der Waals surface area contributed by atoms with Gasteiger partial charge in [-0.25, -0.2) is 4.79 Å². The van der Waals surface area contributed by atoms with Gasteiger partial charge < -0.3 is 9.64 Å². The molecule has 1 aromatic rings. The summed E-state index contributed by atoms with van der Waals surface area (Å²) in [6.45, 7) is 6.48. The average Bonchev–Trinajstić information content (AvgIpc) is 2.85. The first-order chi connectivity index (χ1) is 19.7. The van der Waals surface area contributed by atoms with Gasteiger partial charge in [-0.05, 0) is 44.7 Å². The van der Waals surface area contributed by atoms with Gasteiger partial charge in [0.2, 0.25) is 0 Å². The zero-order valence-electron chi connectivity index (χ0n) is 23.5. The van der Waals surface area contributed by atoms with Crippen molar-refractivity contribution in [2.45, 2.75) is 107 Å². The minimum Gasteiger partial charge on any atom is -0.444 e. The van der Waals surface area contributed by atoms with E-state index < -0.39 is 72.2 Å². The molecule has 0 unspecified atom stereocenters. The first-order valence-electron chi connectivity index (χ1n) is 12.5. The topological polar surface area (TPSA) is 29.5 Å². The van der Waals surface area contributed by atoms with Crippen LogP contribution in [0.15, 0.2) is 24.3 Å². The number of amides is 1. The number of carbonyl (C=O) groups excluding carboxylic acids is 1. The molecule has 0 fully saturated rings. The second kappa shape index (κ2) is 12.5. The fraction of sp³-hybridized carbons (Fsp3) is 0.720. The molecule has 20 heteroatoms. The fourth-order valence-electron chi connectivity index (χ4n) is 3.52. The number of aryl methyl sites for hydroxylation is 1. The van der Waals surface area contributed by atoms with Gasteiger partial charge in [-0.3, -0.25) is 0 Å². The van der Waals surface area contributed by atoms with Crippen LogP contribution in [0.4, 0.5) is 79.4 Å². The highest BCUT2D eigenvalue weighted by atomic mass is 19.4. The van der Waals surface area contributed by atoms with Crippen LogP contribution >= 0.6 is 0 Å². The lowest BCUT2D eigenvalue weighted by molar-refractivity contribution is -0.461. The van der Waals surface area contributed by atoms with E-state index in [1.54, 1.807) is 27.7 Å². The van der Waals surface area contributed by atoms with Crippen LogP contribution in [0.5, 0.6) is 0 Å². The van der Waals surface area contributed by atoms with E-state index in [-0.39, 0.29) is 18.7 Å². The molecular weight excluding hydrogens is 669 g/mol. The molecule has 0 radical (unpaired) electrons. The van der Waals surface area contributed by atoms with Crippen molar-refractivity contribution in [3.63, 3.8) is 0 Å². The number of halogens is 17. The van der Waals surface area contributed by atoms with Gasteiger partial charge in [0.15, 0.2) is 0 Å². The molecule has 0 saturated carbocycles. The number of carbonyl (C=O) groups is 1. The molecule has 0 bridgehead atoms. The lowest BCUT2D eigenvalue weighted by atomic mass is 9.87. The third-order valence-electron chi connectivity index (χ3n) is 6.06. The maximum absolute atomic E-state index is 14.2. The Labute approximate surface area is 244 Å². The average molecular weight is 695 g/mol. The fourth-order valence-corrected chi connectivity index (χ4v) is 3.52. The summed E-state index contributed by atoms with van der Waals surface area (Å²) in [6, 6.07) is 4.16. The summed E-state index contributed by atoms with van der Waals surface area (Å²) in [5.41, 5.74) is -0.975. The molecule has 0 N–H and O–H groups in total. The summed E-state index contributed by atoms with van der Waals surface area (Å²) in [6.07, 6.45) is -12.0. The van der Waals surface area contributed by atoms with E-state index >= 15 is 0 Å². The van der Waals surface area contributed by atoms with Gasteiger partial charge in [-0.15, -0.1) is 0 Å². The zero-order valence-corrected chi connectivity index (χ0v) is 23.5. The SMILES string of the molecule is CCCN(Cc1ccc(CCC(F)(F)C(F)(F)C(F)(F)C(F)(F)C(F)(F)C(F)(F)C(F)(F)C(F)(F)F)cc1)C(=O)OC(C)(C)C. The molecule has 1 aromatic carbocycles. The van der Waals surface area contributed by atoms with E-state index in [0.717, 1.165) is 24.3 Å². The van der Waals surface area contributed by atoms with E-state index in [0.29, 0.717) is 12.0 Å². The first-order valence-corrected chi connectivity index (χ1v) is 12.5. The third-order valence-corrected chi connectivity index (χ3v) is 6.06. The number of rotatable bonds is 13. The predicted molar refractivity (Wildman–Crippen MR) is 122 cm³/mol. The molecule has 1 amide bonds. The summed E-state index contributed by atoms with van der Waals surface area (Å²) in [4.78, 5) is 13.6. The Hall–Kier alpha value is -2.70. The largest absolute Gasteiger partial charge is 0.460 e. The number of hydrogen-bond acceptors (Lipinski definition) is 2. The maximum atomic E-state index is 14.2. The first kappa shape index (κ1) is 40.3. The van der Waals surface area contributed by atoms with Crippen LogP contribution < -0.4 is 0 Å². The van der Waals surface area contributed by atoms with E-state index in [1.807, 2.05) is 0 Å². The van der Waals surface area contributed by atoms with Gasteiger partial charge in [-0.1, -0.05) is 31.2 Å². The summed E-state index contributed by atoms with van der Waals surface area (Å²) in [5.74, 6) is -56.4. The molecule has 0 spiro atoms. The third kappa shape index (κ3) is 7.49. The number of benzene rings is 1. The molecule has 0 heterocycles. The Morgan fingerprint density at radius 3 is 1.38 bits per heavy atom. The van der Waals surface area contributed by atoms with Crippen LogP contribution in [0, 0.1) is 0 Å². The van der Waals surface area contributed by atoms with Crippen molar-refractivity contribution in [1.29, 1.82) is 0 Å². The van der Waals surface area contributed by atoms with Crippen LogP contribution in [0.1, 0.15) is 51.7 Å². The lowest BCUT2D eigenvalue weighted by Gasteiger charge is -2.42. The molecule has 0 atom stereocenters. The van der Waals surface area contributed by atoms with Gasteiger partial charge in [0.25, 0.3) is 0 Å². The molecule has 3 nitrogen and oxygen atoms in total. The van der Waals surface area contributed by atoms with Crippen LogP contribution in [0.3, 0.4) is 0 Å². The lowest BCUT2D eigenvalue weighted by Crippen LogP contribution is -2.74. The monoisotopic (exact) mass is 695 g/mol. The molecule has 0 aromatic heterocycles. The van der Waals surface area contributed by atoms with Gasteiger partial charge in [0, 0.05) is 19.5 Å². The van der Waals surface area contributed by atoms with Crippen molar-refractivity contribution >= 4 is 6.09 Å². The summed E-state index contributed by atoms with van der Waals surface area (Å²) < 4.78 is 233. The Balaban J connectivity index is 3.25. The van der Waals surface area contributed by atoms with E-state index in [2.05, 4.69) is 0 Å². The number of hydrogen-bond donors (Lipinski definition) is 0. The number of alkyl halides is 17.